The Kier molecular flexibility index (Phi) is 23.9. The van der Waals surface area contributed by atoms with E-state index >= 15 is 0 Å². The normalized spacial score (nSPS) is 18.9. The molecule has 3 aliphatic rings. The Morgan fingerprint density at radius 1 is 0.812 bits per heavy atom. The number of aromatic nitrogens is 4. The summed E-state index contributed by atoms with van der Waals surface area (Å²) < 4.78 is 87.7. The van der Waals surface area contributed by atoms with Crippen LogP contribution in [-0.4, -0.2) is 259 Å². The molecule has 3 fully saturated rings. The molecular weight excluding hydrogens is 1260 g/mol. The molecule has 31 nitrogen and oxygen atoms in total. The molecule has 0 aliphatic carbocycles. The number of ether oxygens (including phenoxy) is 1. The number of nitrogens with zero attached hydrogens (tertiary/aromatic N) is 7. The van der Waals surface area contributed by atoms with E-state index in [-0.39, 0.29) is 92.6 Å². The number of fused-ring (bicyclic) bond motifs is 8. The summed E-state index contributed by atoms with van der Waals surface area (Å²) in [5.41, 5.74) is 1.46. The number of carboxylic acid groups (broad SMARTS) is 1. The number of aromatic amines is 1. The molecule has 0 saturated carbocycles. The van der Waals surface area contributed by atoms with E-state index in [2.05, 4.69) is 57.9 Å². The third-order valence-electron chi connectivity index (χ3n) is 13.7. The number of nitrogens with one attached hydrogen (secondary N) is 7. The quantitative estimate of drug-likeness (QED) is 0.0235. The second-order valence-corrected chi connectivity index (χ2v) is 27.3. The molecule has 0 radical (unpaired) electrons. The van der Waals surface area contributed by atoms with Crippen molar-refractivity contribution in [3.05, 3.63) is 78.0 Å². The van der Waals surface area contributed by atoms with Gasteiger partial charge in [-0.15, -0.1) is 0 Å². The first kappa shape index (κ1) is 65.6. The van der Waals surface area contributed by atoms with Gasteiger partial charge < -0.3 is 36.1 Å². The average molecular weight is 1330 g/mol. The van der Waals surface area contributed by atoms with Crippen molar-refractivity contribution < 1.29 is 73.4 Å². The van der Waals surface area contributed by atoms with Gasteiger partial charge in [-0.1, -0.05) is 0 Å². The Labute approximate surface area is 500 Å². The van der Waals surface area contributed by atoms with Crippen LogP contribution in [0, 0.1) is 13.8 Å². The topological polar surface area (TPSA) is 397 Å². The molecule has 3 saturated heterocycles. The SMILES string of the molecule is C=C1CN2CCN3CCN(CC(=O)N[C@@H](CS(=O)(=O)O)C(=O)NCCNC(=O)CCCOc4cc(C)c(S(=O)(=O)N[C@@H](CNC(=O)c5ccc6c(cnn6CCCNc6ncc[nH]6)c5)C(=O)O)c(C)c4)CCN(CC2)CC(=O)[O][In]([O]1)[O]C(=O)C3. The van der Waals surface area contributed by atoms with Crippen LogP contribution in [0.4, 0.5) is 5.95 Å². The summed E-state index contributed by atoms with van der Waals surface area (Å²) in [6.45, 7) is 10.1. The number of carboxylic acids is 1. The number of H-pyrrole nitrogens is 1. The zero-order valence-corrected chi connectivity index (χ0v) is 52.0. The van der Waals surface area contributed by atoms with Crippen molar-refractivity contribution >= 4 is 101 Å². The van der Waals surface area contributed by atoms with Gasteiger partial charge in [0.1, 0.15) is 11.8 Å². The van der Waals surface area contributed by atoms with Gasteiger partial charge in [-0.3, -0.25) is 28.4 Å². The van der Waals surface area contributed by atoms with Crippen LogP contribution in [0.25, 0.3) is 10.9 Å². The molecule has 4 bridgehead atoms. The van der Waals surface area contributed by atoms with Gasteiger partial charge in [0.15, 0.2) is 5.95 Å². The summed E-state index contributed by atoms with van der Waals surface area (Å²) in [4.78, 5) is 105. The zero-order chi connectivity index (χ0) is 61.3. The van der Waals surface area contributed by atoms with Gasteiger partial charge in [0.2, 0.25) is 15.9 Å². The van der Waals surface area contributed by atoms with Crippen LogP contribution in [0.1, 0.15) is 40.7 Å². The van der Waals surface area contributed by atoms with E-state index in [9.17, 15) is 60.1 Å². The number of anilines is 1. The number of benzene rings is 2. The Bertz CT molecular complexity index is 3220. The molecule has 4 aromatic rings. The van der Waals surface area contributed by atoms with E-state index in [1.807, 2.05) is 9.80 Å². The maximum absolute atomic E-state index is 13.7. The van der Waals surface area contributed by atoms with Gasteiger partial charge in [0.25, 0.3) is 16.0 Å². The number of carbonyl (C=O) groups excluding carboxylic acids is 6. The summed E-state index contributed by atoms with van der Waals surface area (Å²) in [5.74, 6) is -5.42. The number of amides is 4. The van der Waals surface area contributed by atoms with Crippen molar-refractivity contribution in [2.45, 2.75) is 56.6 Å². The van der Waals surface area contributed by atoms with Crippen LogP contribution in [0.5, 0.6) is 5.75 Å². The van der Waals surface area contributed by atoms with Crippen molar-refractivity contribution in [3.8, 4) is 5.75 Å². The van der Waals surface area contributed by atoms with Gasteiger partial charge in [-0.25, -0.2) is 13.4 Å². The van der Waals surface area contributed by atoms with Gasteiger partial charge in [-0.05, 0) is 68.1 Å². The molecule has 4 atom stereocenters. The number of sulfonamides is 1. The predicted octanol–water partition coefficient (Wildman–Crippen LogP) is -2.35. The molecule has 462 valence electrons. The Hall–Kier alpha value is -6.92. The molecule has 2 aromatic carbocycles. The van der Waals surface area contributed by atoms with Crippen molar-refractivity contribution in [2.24, 2.45) is 0 Å². The van der Waals surface area contributed by atoms with Crippen LogP contribution in [0.3, 0.4) is 0 Å². The number of aryl methyl sites for hydroxylation is 3. The minimum absolute atomic E-state index is 0.0240. The standard InChI is InChI=1S/C51H74N14O17S2.In/c1-34-24-39(25-35(2)47(34)84(80,81)60-40(50(75)76)28-57-48(73)37-7-8-42-38(26-37)27-58-65(42)14-5-9-54-51-55-12-13-56-51)82-23-4-6-43(67)52-10-11-53-49(74)41(33-83(77,78)79)59-44(68)30-62-17-21-63(31-45(69)70)19-15-61(29-36(3)66)16-20-64(22-18-62)32-46(71)72;/h7-8,12-13,24-27,40-41,60,66H,3-6,9-11,14-23,28-33H2,1-2H3,(H,52,67)(H,53,74)(H,57,73)(H,59,68)(H,69,70)(H,71,72)(H,75,76)(H2,54,55,56)(H,77,78,79);/q;+3/p-3/t40-,41-;/m0./s1. The molecule has 4 amide bonds. The number of rotatable bonds is 26. The maximum atomic E-state index is 13.7. The third kappa shape index (κ3) is 20.9. The van der Waals surface area contributed by atoms with Gasteiger partial charge in [0, 0.05) is 62.5 Å². The van der Waals surface area contributed by atoms with Gasteiger partial charge in [0.05, 0.1) is 23.2 Å². The summed E-state index contributed by atoms with van der Waals surface area (Å²) in [7, 11) is -9.25. The molecule has 3 aliphatic heterocycles. The van der Waals surface area contributed by atoms with Gasteiger partial charge in [-0.2, -0.15) is 18.2 Å². The Morgan fingerprint density at radius 2 is 1.46 bits per heavy atom. The van der Waals surface area contributed by atoms with Crippen molar-refractivity contribution in [2.75, 3.05) is 122 Å². The van der Waals surface area contributed by atoms with Gasteiger partial charge >= 0.3 is 203 Å². The monoisotopic (exact) mass is 1330 g/mol. The van der Waals surface area contributed by atoms with E-state index in [1.54, 1.807) is 46.4 Å². The minimum atomic E-state index is -4.79. The number of aliphatic carboxylic acids is 1. The third-order valence-corrected chi connectivity index (χ3v) is 20.3. The van der Waals surface area contributed by atoms with Crippen molar-refractivity contribution in [1.82, 2.24) is 65.3 Å². The van der Waals surface area contributed by atoms with Crippen LogP contribution in [-0.2, 0) is 64.0 Å². The number of hydrogen-bond acceptors (Lipinski definition) is 22. The van der Waals surface area contributed by atoms with Crippen LogP contribution in [0.15, 0.2) is 66.2 Å². The zero-order valence-electron chi connectivity index (χ0n) is 47.1. The molecule has 85 heavy (non-hydrogen) atoms. The van der Waals surface area contributed by atoms with Crippen LogP contribution < -0.4 is 36.0 Å². The average Bonchev–Trinajstić information content (AvgIpc) is 2.96. The summed E-state index contributed by atoms with van der Waals surface area (Å²) in [6, 6.07) is 4.33. The second-order valence-electron chi connectivity index (χ2n) is 20.5. The predicted molar refractivity (Wildman–Crippen MR) is 304 cm³/mol. The fraction of sp³-hybridized carbons (Fsp3) is 0.510. The van der Waals surface area contributed by atoms with E-state index in [4.69, 9.17) is 13.3 Å². The Morgan fingerprint density at radius 3 is 2.09 bits per heavy atom. The molecule has 0 spiro atoms. The molecular formula is C51H71InN14O17S2. The summed E-state index contributed by atoms with van der Waals surface area (Å²) in [6.07, 6.45) is 5.88. The van der Waals surface area contributed by atoms with Crippen molar-refractivity contribution in [3.63, 3.8) is 0 Å². The number of carbonyl (C=O) groups is 7. The first-order valence-corrected chi connectivity index (χ1v) is 34.5. The molecule has 2 unspecified atom stereocenters. The van der Waals surface area contributed by atoms with Crippen molar-refractivity contribution in [1.29, 1.82) is 0 Å². The Balaban J connectivity index is 0.829. The number of hydrogen-bond donors (Lipinski definition) is 9. The van der Waals surface area contributed by atoms with Crippen LogP contribution >= 0.6 is 0 Å². The fourth-order valence-corrected chi connectivity index (χ4v) is 14.9. The first-order chi connectivity index (χ1) is 40.5. The molecule has 5 heterocycles. The van der Waals surface area contributed by atoms with E-state index in [0.717, 1.165) is 11.9 Å². The number of imidazole rings is 1. The van der Waals surface area contributed by atoms with E-state index < -0.39 is 109 Å². The fourth-order valence-electron chi connectivity index (χ4n) is 9.56. The van der Waals surface area contributed by atoms with E-state index in [0.29, 0.717) is 76.0 Å². The molecule has 7 rings (SSSR count). The molecule has 2 aromatic heterocycles. The summed E-state index contributed by atoms with van der Waals surface area (Å²) >= 11 is -4.10. The van der Waals surface area contributed by atoms with E-state index in [1.165, 1.54) is 26.0 Å². The second kappa shape index (κ2) is 30.9. The first-order valence-electron chi connectivity index (χ1n) is 27.3. The summed E-state index contributed by atoms with van der Waals surface area (Å²) in [5, 5.41) is 28.2. The molecule has 34 heteroatoms. The van der Waals surface area contributed by atoms with Crippen LogP contribution in [0.2, 0.25) is 0 Å². The molecule has 9 N–H and O–H groups in total.